The highest BCUT2D eigenvalue weighted by Gasteiger charge is 2.67. The first-order valence-corrected chi connectivity index (χ1v) is 4.63. The van der Waals surface area contributed by atoms with Gasteiger partial charge in [0.2, 0.25) is 0 Å². The molecule has 0 radical (unpaired) electrons. The number of rotatable bonds is 2. The van der Waals surface area contributed by atoms with Gasteiger partial charge in [0, 0.05) is 6.20 Å². The molecule has 0 saturated heterocycles. The smallest absolute Gasteiger partial charge is 0.386 e. The van der Waals surface area contributed by atoms with Crippen molar-refractivity contribution in [2.45, 2.75) is 25.1 Å². The van der Waals surface area contributed by atoms with E-state index in [1.165, 1.54) is 12.3 Å². The molecular weight excluding hydrogens is 207 g/mol. The summed E-state index contributed by atoms with van der Waals surface area (Å²) >= 11 is 0. The first-order chi connectivity index (χ1) is 6.97. The number of aliphatic hydroxyl groups is 1. The molecule has 82 valence electrons. The number of hydrogen-bond donors (Lipinski definition) is 1. The molecule has 1 aliphatic rings. The summed E-state index contributed by atoms with van der Waals surface area (Å²) in [5, 5.41) is 9.66. The fourth-order valence-corrected chi connectivity index (χ4v) is 1.67. The number of nitrogens with zero attached hydrogens (tertiary/aromatic N) is 1. The summed E-state index contributed by atoms with van der Waals surface area (Å²) in [4.78, 5) is 3.75. The summed E-state index contributed by atoms with van der Waals surface area (Å²) in [5.41, 5.74) is -1.87. The van der Waals surface area contributed by atoms with Crippen molar-refractivity contribution in [2.75, 3.05) is 0 Å². The molecule has 0 amide bonds. The molecular formula is C10H10F3NO. The Bertz CT molecular complexity index is 345. The Labute approximate surface area is 84.8 Å². The van der Waals surface area contributed by atoms with Gasteiger partial charge in [-0.3, -0.25) is 4.98 Å². The van der Waals surface area contributed by atoms with Crippen LogP contribution in [0.4, 0.5) is 13.2 Å². The lowest BCUT2D eigenvalue weighted by Gasteiger charge is -2.24. The maximum Gasteiger partial charge on any atom is 0.397 e. The summed E-state index contributed by atoms with van der Waals surface area (Å²) in [5.74, 6) is 0. The molecule has 1 fully saturated rings. The van der Waals surface area contributed by atoms with E-state index in [0.717, 1.165) is 0 Å². The number of aromatic nitrogens is 1. The van der Waals surface area contributed by atoms with E-state index in [4.69, 9.17) is 0 Å². The maximum absolute atomic E-state index is 12.6. The van der Waals surface area contributed by atoms with Gasteiger partial charge in [0.1, 0.15) is 6.10 Å². The van der Waals surface area contributed by atoms with Crippen LogP contribution in [0.3, 0.4) is 0 Å². The minimum Gasteiger partial charge on any atom is -0.386 e. The molecule has 15 heavy (non-hydrogen) atoms. The zero-order chi connectivity index (χ0) is 11.1. The molecule has 1 aromatic rings. The number of aliphatic hydroxyl groups excluding tert-OH is 1. The molecule has 1 heterocycles. The van der Waals surface area contributed by atoms with E-state index in [0.29, 0.717) is 0 Å². The summed E-state index contributed by atoms with van der Waals surface area (Å²) in [7, 11) is 0. The van der Waals surface area contributed by atoms with E-state index >= 15 is 0 Å². The van der Waals surface area contributed by atoms with E-state index < -0.39 is 17.7 Å². The highest BCUT2D eigenvalue weighted by Crippen LogP contribution is 2.64. The summed E-state index contributed by atoms with van der Waals surface area (Å²) < 4.78 is 37.9. The van der Waals surface area contributed by atoms with Gasteiger partial charge in [-0.2, -0.15) is 13.2 Å². The van der Waals surface area contributed by atoms with E-state index in [1.807, 2.05) is 0 Å². The predicted octanol–water partition coefficient (Wildman–Crippen LogP) is 2.46. The molecule has 5 heteroatoms. The van der Waals surface area contributed by atoms with E-state index in [9.17, 15) is 18.3 Å². The van der Waals surface area contributed by atoms with Crippen LogP contribution in [0.5, 0.6) is 0 Å². The second-order valence-electron chi connectivity index (χ2n) is 3.81. The fraction of sp³-hybridized carbons (Fsp3) is 0.500. The Hall–Kier alpha value is -1.10. The zero-order valence-corrected chi connectivity index (χ0v) is 7.83. The highest BCUT2D eigenvalue weighted by atomic mass is 19.4. The monoisotopic (exact) mass is 217 g/mol. The van der Waals surface area contributed by atoms with Crippen molar-refractivity contribution in [3.63, 3.8) is 0 Å². The summed E-state index contributed by atoms with van der Waals surface area (Å²) in [6.45, 7) is 0. The average Bonchev–Trinajstić information content (AvgIpc) is 2.98. The Balaban J connectivity index is 2.26. The predicted molar refractivity (Wildman–Crippen MR) is 46.9 cm³/mol. The van der Waals surface area contributed by atoms with Gasteiger partial charge in [-0.1, -0.05) is 6.07 Å². The molecule has 1 aliphatic carbocycles. The van der Waals surface area contributed by atoms with Crippen LogP contribution in [0.25, 0.3) is 0 Å². The Morgan fingerprint density at radius 3 is 2.40 bits per heavy atom. The van der Waals surface area contributed by atoms with Crippen LogP contribution in [0, 0.1) is 5.41 Å². The van der Waals surface area contributed by atoms with Crippen molar-refractivity contribution < 1.29 is 18.3 Å². The fourth-order valence-electron chi connectivity index (χ4n) is 1.67. The van der Waals surface area contributed by atoms with Crippen molar-refractivity contribution >= 4 is 0 Å². The molecule has 0 spiro atoms. The van der Waals surface area contributed by atoms with Crippen LogP contribution in [-0.4, -0.2) is 16.3 Å². The van der Waals surface area contributed by atoms with Crippen molar-refractivity contribution in [1.29, 1.82) is 0 Å². The highest BCUT2D eigenvalue weighted by molar-refractivity contribution is 5.16. The van der Waals surface area contributed by atoms with Gasteiger partial charge in [0.05, 0.1) is 11.1 Å². The van der Waals surface area contributed by atoms with Crippen molar-refractivity contribution in [1.82, 2.24) is 4.98 Å². The van der Waals surface area contributed by atoms with Crippen LogP contribution in [-0.2, 0) is 0 Å². The molecule has 1 unspecified atom stereocenters. The van der Waals surface area contributed by atoms with Gasteiger partial charge in [0.25, 0.3) is 0 Å². The van der Waals surface area contributed by atoms with Crippen LogP contribution >= 0.6 is 0 Å². The molecule has 2 nitrogen and oxygen atoms in total. The van der Waals surface area contributed by atoms with Crippen molar-refractivity contribution in [3.8, 4) is 0 Å². The lowest BCUT2D eigenvalue weighted by molar-refractivity contribution is -0.216. The number of hydrogen-bond acceptors (Lipinski definition) is 2. The van der Waals surface area contributed by atoms with E-state index in [-0.39, 0.29) is 18.5 Å². The van der Waals surface area contributed by atoms with Crippen LogP contribution in [0.15, 0.2) is 24.4 Å². The molecule has 1 aromatic heterocycles. The Morgan fingerprint density at radius 2 is 2.00 bits per heavy atom. The maximum atomic E-state index is 12.6. The zero-order valence-electron chi connectivity index (χ0n) is 7.83. The minimum atomic E-state index is -4.36. The van der Waals surface area contributed by atoms with E-state index in [1.54, 1.807) is 12.1 Å². The van der Waals surface area contributed by atoms with Crippen LogP contribution < -0.4 is 0 Å². The lowest BCUT2D eigenvalue weighted by Crippen LogP contribution is -2.31. The van der Waals surface area contributed by atoms with Crippen molar-refractivity contribution in [3.05, 3.63) is 30.1 Å². The first kappa shape index (κ1) is 10.4. The van der Waals surface area contributed by atoms with Crippen LogP contribution in [0.1, 0.15) is 24.6 Å². The number of alkyl halides is 3. The van der Waals surface area contributed by atoms with Gasteiger partial charge >= 0.3 is 6.18 Å². The topological polar surface area (TPSA) is 33.1 Å². The van der Waals surface area contributed by atoms with Gasteiger partial charge in [0.15, 0.2) is 0 Å². The second-order valence-corrected chi connectivity index (χ2v) is 3.81. The third kappa shape index (κ3) is 1.61. The van der Waals surface area contributed by atoms with Gasteiger partial charge in [-0.05, 0) is 25.0 Å². The largest absolute Gasteiger partial charge is 0.397 e. The third-order valence-corrected chi connectivity index (χ3v) is 2.84. The van der Waals surface area contributed by atoms with Gasteiger partial charge in [-0.25, -0.2) is 0 Å². The van der Waals surface area contributed by atoms with Gasteiger partial charge in [-0.15, -0.1) is 0 Å². The summed E-state index contributed by atoms with van der Waals surface area (Å²) in [6, 6.07) is 4.58. The Morgan fingerprint density at radius 1 is 1.33 bits per heavy atom. The second kappa shape index (κ2) is 3.20. The van der Waals surface area contributed by atoms with Crippen molar-refractivity contribution in [2.24, 2.45) is 5.41 Å². The average molecular weight is 217 g/mol. The normalized spacial score (nSPS) is 21.1. The van der Waals surface area contributed by atoms with E-state index in [2.05, 4.69) is 4.98 Å². The minimum absolute atomic E-state index is 0.0196. The molecule has 0 aliphatic heterocycles. The first-order valence-electron chi connectivity index (χ1n) is 4.63. The lowest BCUT2D eigenvalue weighted by atomic mass is 9.95. The molecule has 0 bridgehead atoms. The van der Waals surface area contributed by atoms with Gasteiger partial charge < -0.3 is 5.11 Å². The quantitative estimate of drug-likeness (QED) is 0.825. The molecule has 1 saturated carbocycles. The molecule has 1 atom stereocenters. The Kier molecular flexibility index (Phi) is 2.22. The summed E-state index contributed by atoms with van der Waals surface area (Å²) in [6.07, 6.45) is -4.56. The van der Waals surface area contributed by atoms with Crippen LogP contribution in [0.2, 0.25) is 0 Å². The third-order valence-electron chi connectivity index (χ3n) is 2.84. The number of halogens is 3. The molecule has 2 rings (SSSR count). The molecule has 0 aromatic carbocycles. The standard InChI is InChI=1S/C10H10F3NO/c11-10(12,13)9(4-5-9)8(15)7-3-1-2-6-14-7/h1-3,6,8,15H,4-5H2. The SMILES string of the molecule is OC(c1ccccn1)C1(C(F)(F)F)CC1. The molecule has 1 N–H and O–H groups in total. The number of pyridine rings is 1.